The Morgan fingerprint density at radius 2 is 2.21 bits per heavy atom. The molecule has 120 valence electrons. The van der Waals surface area contributed by atoms with E-state index in [0.29, 0.717) is 5.75 Å². The number of thiophene rings is 1. The molecule has 0 fully saturated rings. The highest BCUT2D eigenvalue weighted by Crippen LogP contribution is 2.28. The molecule has 8 heteroatoms. The molecular formula is C16H12N4OS3. The van der Waals surface area contributed by atoms with E-state index in [1.54, 1.807) is 29.0 Å². The smallest absolute Gasteiger partial charge is 0.234 e. The number of nitrogens with zero attached hydrogens (tertiary/aromatic N) is 3. The number of rotatable bonds is 4. The van der Waals surface area contributed by atoms with E-state index < -0.39 is 0 Å². The zero-order valence-corrected chi connectivity index (χ0v) is 15.1. The first-order valence-corrected chi connectivity index (χ1v) is 9.85. The summed E-state index contributed by atoms with van der Waals surface area (Å²) in [5, 5.41) is 7.78. The summed E-state index contributed by atoms with van der Waals surface area (Å²) in [6, 6.07) is 7.76. The maximum Gasteiger partial charge on any atom is 0.234 e. The molecule has 0 spiro atoms. The zero-order valence-electron chi connectivity index (χ0n) is 12.6. The molecular weight excluding hydrogens is 360 g/mol. The van der Waals surface area contributed by atoms with Crippen LogP contribution in [0.5, 0.6) is 0 Å². The Labute approximate surface area is 150 Å². The van der Waals surface area contributed by atoms with Gasteiger partial charge in [-0.15, -0.1) is 22.7 Å². The van der Waals surface area contributed by atoms with Crippen LogP contribution in [0.25, 0.3) is 20.4 Å². The van der Waals surface area contributed by atoms with Gasteiger partial charge in [-0.25, -0.2) is 15.0 Å². The maximum absolute atomic E-state index is 12.2. The lowest BCUT2D eigenvalue weighted by atomic mass is 10.3. The van der Waals surface area contributed by atoms with Crippen LogP contribution in [0.2, 0.25) is 0 Å². The number of anilines is 1. The molecule has 0 unspecified atom stereocenters. The van der Waals surface area contributed by atoms with Crippen LogP contribution in [-0.4, -0.2) is 26.6 Å². The second-order valence-electron chi connectivity index (χ2n) is 5.07. The van der Waals surface area contributed by atoms with E-state index in [2.05, 4.69) is 20.3 Å². The standard InChI is InChI=1S/C16H12N4OS3/c1-9-19-12-3-2-10(6-13(12)24-9)20-14(21)7-23-16-11-4-5-22-15(11)17-8-18-16/h2-6,8H,7H2,1H3,(H,20,21). The Kier molecular flexibility index (Phi) is 4.17. The lowest BCUT2D eigenvalue weighted by Crippen LogP contribution is -2.14. The predicted molar refractivity (Wildman–Crippen MR) is 101 cm³/mol. The van der Waals surface area contributed by atoms with Gasteiger partial charge in [-0.3, -0.25) is 4.79 Å². The normalized spacial score (nSPS) is 11.2. The van der Waals surface area contributed by atoms with Crippen LogP contribution < -0.4 is 5.32 Å². The van der Waals surface area contributed by atoms with E-state index in [1.807, 2.05) is 36.6 Å². The van der Waals surface area contributed by atoms with Crippen molar-refractivity contribution in [2.24, 2.45) is 0 Å². The fourth-order valence-electron chi connectivity index (χ4n) is 2.33. The van der Waals surface area contributed by atoms with E-state index >= 15 is 0 Å². The van der Waals surface area contributed by atoms with Gasteiger partial charge in [0.15, 0.2) is 0 Å². The molecule has 0 atom stereocenters. The first-order valence-electron chi connectivity index (χ1n) is 7.17. The van der Waals surface area contributed by atoms with Crippen molar-refractivity contribution < 1.29 is 4.79 Å². The van der Waals surface area contributed by atoms with Crippen LogP contribution >= 0.6 is 34.4 Å². The third kappa shape index (κ3) is 3.12. The second kappa shape index (κ2) is 6.46. The third-order valence-electron chi connectivity index (χ3n) is 3.34. The van der Waals surface area contributed by atoms with Crippen LogP contribution in [0.15, 0.2) is 41.0 Å². The van der Waals surface area contributed by atoms with E-state index in [0.717, 1.165) is 36.2 Å². The van der Waals surface area contributed by atoms with Crippen molar-refractivity contribution in [2.45, 2.75) is 11.9 Å². The van der Waals surface area contributed by atoms with Gasteiger partial charge in [0.25, 0.3) is 0 Å². The van der Waals surface area contributed by atoms with Crippen molar-refractivity contribution in [3.63, 3.8) is 0 Å². The number of thioether (sulfide) groups is 1. The summed E-state index contributed by atoms with van der Waals surface area (Å²) in [6.07, 6.45) is 1.54. The fourth-order valence-corrected chi connectivity index (χ4v) is 4.78. The lowest BCUT2D eigenvalue weighted by molar-refractivity contribution is -0.113. The van der Waals surface area contributed by atoms with Gasteiger partial charge in [-0.05, 0) is 36.6 Å². The van der Waals surface area contributed by atoms with E-state index in [1.165, 1.54) is 11.8 Å². The summed E-state index contributed by atoms with van der Waals surface area (Å²) in [7, 11) is 0. The second-order valence-corrected chi connectivity index (χ2v) is 8.16. The number of thiazole rings is 1. The highest BCUT2D eigenvalue weighted by atomic mass is 32.2. The SMILES string of the molecule is Cc1nc2ccc(NC(=O)CSc3ncnc4sccc34)cc2s1. The van der Waals surface area contributed by atoms with Gasteiger partial charge in [0, 0.05) is 11.1 Å². The van der Waals surface area contributed by atoms with Gasteiger partial charge in [0.1, 0.15) is 16.2 Å². The topological polar surface area (TPSA) is 67.8 Å². The number of benzene rings is 1. The number of hydrogen-bond donors (Lipinski definition) is 1. The fraction of sp³-hybridized carbons (Fsp3) is 0.125. The predicted octanol–water partition coefficient (Wildman–Crippen LogP) is 4.34. The van der Waals surface area contributed by atoms with Gasteiger partial charge in [-0.1, -0.05) is 11.8 Å². The summed E-state index contributed by atoms with van der Waals surface area (Å²) >= 11 is 4.62. The summed E-state index contributed by atoms with van der Waals surface area (Å²) in [5.41, 5.74) is 1.76. The van der Waals surface area contributed by atoms with Crippen LogP contribution in [0.3, 0.4) is 0 Å². The number of amides is 1. The quantitative estimate of drug-likeness (QED) is 0.426. The minimum Gasteiger partial charge on any atom is -0.325 e. The lowest BCUT2D eigenvalue weighted by Gasteiger charge is -2.05. The molecule has 4 aromatic rings. The highest BCUT2D eigenvalue weighted by Gasteiger charge is 2.10. The van der Waals surface area contributed by atoms with Crippen LogP contribution in [0.1, 0.15) is 5.01 Å². The average molecular weight is 373 g/mol. The zero-order chi connectivity index (χ0) is 16.5. The first kappa shape index (κ1) is 15.5. The molecule has 1 N–H and O–H groups in total. The Hall–Kier alpha value is -2.03. The number of carbonyl (C=O) groups is 1. The average Bonchev–Trinajstić information content (AvgIpc) is 3.17. The van der Waals surface area contributed by atoms with Crippen LogP contribution in [0.4, 0.5) is 5.69 Å². The monoisotopic (exact) mass is 372 g/mol. The number of carbonyl (C=O) groups excluding carboxylic acids is 1. The van der Waals surface area contributed by atoms with Gasteiger partial charge < -0.3 is 5.32 Å². The maximum atomic E-state index is 12.2. The van der Waals surface area contributed by atoms with Crippen molar-refractivity contribution >= 4 is 66.5 Å². The molecule has 4 rings (SSSR count). The van der Waals surface area contributed by atoms with E-state index in [9.17, 15) is 4.79 Å². The molecule has 3 heterocycles. The number of aryl methyl sites for hydroxylation is 1. The molecule has 0 saturated heterocycles. The molecule has 24 heavy (non-hydrogen) atoms. The van der Waals surface area contributed by atoms with E-state index in [4.69, 9.17) is 0 Å². The first-order chi connectivity index (χ1) is 11.7. The summed E-state index contributed by atoms with van der Waals surface area (Å²) < 4.78 is 1.08. The molecule has 0 radical (unpaired) electrons. The van der Waals surface area contributed by atoms with Gasteiger partial charge in [-0.2, -0.15) is 0 Å². The number of aromatic nitrogens is 3. The Morgan fingerprint density at radius 3 is 3.12 bits per heavy atom. The van der Waals surface area contributed by atoms with Crippen molar-refractivity contribution in [2.75, 3.05) is 11.1 Å². The van der Waals surface area contributed by atoms with Crippen LogP contribution in [-0.2, 0) is 4.79 Å². The van der Waals surface area contributed by atoms with E-state index in [-0.39, 0.29) is 5.91 Å². The van der Waals surface area contributed by atoms with Crippen molar-refractivity contribution in [1.29, 1.82) is 0 Å². The summed E-state index contributed by atoms with van der Waals surface area (Å²) in [6.45, 7) is 1.98. The van der Waals surface area contributed by atoms with Crippen molar-refractivity contribution in [3.8, 4) is 0 Å². The molecule has 0 bridgehead atoms. The largest absolute Gasteiger partial charge is 0.325 e. The summed E-state index contributed by atoms with van der Waals surface area (Å²) in [4.78, 5) is 26.1. The van der Waals surface area contributed by atoms with Gasteiger partial charge >= 0.3 is 0 Å². The number of hydrogen-bond acceptors (Lipinski definition) is 7. The van der Waals surface area contributed by atoms with Gasteiger partial charge in [0.05, 0.1) is 21.0 Å². The number of fused-ring (bicyclic) bond motifs is 2. The minimum absolute atomic E-state index is 0.0532. The molecule has 0 aliphatic heterocycles. The molecule has 5 nitrogen and oxygen atoms in total. The Morgan fingerprint density at radius 1 is 1.29 bits per heavy atom. The Balaban J connectivity index is 1.45. The number of nitrogens with one attached hydrogen (secondary N) is 1. The van der Waals surface area contributed by atoms with Crippen molar-refractivity contribution in [1.82, 2.24) is 15.0 Å². The van der Waals surface area contributed by atoms with Crippen LogP contribution in [0, 0.1) is 6.92 Å². The van der Waals surface area contributed by atoms with Gasteiger partial charge in [0.2, 0.25) is 5.91 Å². The summed E-state index contributed by atoms with van der Waals surface area (Å²) in [5.74, 6) is 0.254. The molecule has 0 saturated carbocycles. The molecule has 3 aromatic heterocycles. The highest BCUT2D eigenvalue weighted by molar-refractivity contribution is 8.00. The molecule has 0 aliphatic carbocycles. The Bertz CT molecular complexity index is 1040. The minimum atomic E-state index is -0.0532. The molecule has 0 aliphatic rings. The van der Waals surface area contributed by atoms with Crippen molar-refractivity contribution in [3.05, 3.63) is 41.0 Å². The third-order valence-corrected chi connectivity index (χ3v) is 6.10. The molecule has 1 amide bonds. The molecule has 1 aromatic carbocycles.